The zero-order valence-electron chi connectivity index (χ0n) is 10.8. The first-order valence-corrected chi connectivity index (χ1v) is 6.52. The molecule has 2 aromatic rings. The lowest BCUT2D eigenvalue weighted by Gasteiger charge is -2.06. The monoisotopic (exact) mass is 325 g/mol. The molecule has 0 aliphatic rings. The Morgan fingerprint density at radius 1 is 1.26 bits per heavy atom. The molecule has 3 nitrogen and oxygen atoms in total. The van der Waals surface area contributed by atoms with E-state index >= 15 is 0 Å². The van der Waals surface area contributed by atoms with Crippen molar-refractivity contribution in [2.75, 3.05) is 5.32 Å². The van der Waals surface area contributed by atoms with E-state index in [0.29, 0.717) is 21.6 Å². The Morgan fingerprint density at radius 2 is 1.95 bits per heavy atom. The molecule has 1 amide bonds. The van der Waals surface area contributed by atoms with E-state index in [9.17, 15) is 9.18 Å². The van der Waals surface area contributed by atoms with Crippen LogP contribution in [-0.2, 0) is 0 Å². The smallest absolute Gasteiger partial charge is 0.259 e. The number of nitrogens with one attached hydrogen (secondary N) is 1. The van der Waals surface area contributed by atoms with E-state index < -0.39 is 5.82 Å². The Bertz CT molecular complexity index is 649. The topological polar surface area (TPSA) is 42.2 Å². The van der Waals surface area contributed by atoms with Crippen molar-refractivity contribution in [2.24, 2.45) is 0 Å². The summed E-state index contributed by atoms with van der Waals surface area (Å²) in [7, 11) is 0. The van der Waals surface area contributed by atoms with Crippen LogP contribution in [0.25, 0.3) is 0 Å². The molecule has 0 aliphatic heterocycles. The Hall–Kier alpha value is -1.62. The minimum atomic E-state index is -0.488. The second kappa shape index (κ2) is 5.17. The molecule has 0 saturated heterocycles. The molecule has 100 valence electrons. The summed E-state index contributed by atoms with van der Waals surface area (Å²) in [6.07, 6.45) is 0. The van der Waals surface area contributed by atoms with Gasteiger partial charge in [0.25, 0.3) is 5.91 Å². The summed E-state index contributed by atoms with van der Waals surface area (Å²) in [5.74, 6) is 0.371. The third-order valence-corrected chi connectivity index (χ3v) is 3.46. The first-order valence-electron chi connectivity index (χ1n) is 5.73. The predicted octanol–water partition coefficient (Wildman–Crippen LogP) is 4.36. The van der Waals surface area contributed by atoms with E-state index in [4.69, 9.17) is 4.42 Å². The van der Waals surface area contributed by atoms with Crippen LogP contribution in [0.15, 0.2) is 27.1 Å². The van der Waals surface area contributed by atoms with E-state index in [2.05, 4.69) is 21.2 Å². The standard InChI is InChI=1S/C14H13BrFNO2/c1-7-8(2)19-9(3)13(7)14(18)17-12-5-4-10(15)6-11(12)16/h4-6H,1-3H3,(H,17,18). The highest BCUT2D eigenvalue weighted by Crippen LogP contribution is 2.24. The second-order valence-electron chi connectivity index (χ2n) is 4.29. The molecule has 0 bridgehead atoms. The van der Waals surface area contributed by atoms with Gasteiger partial charge in [-0.25, -0.2) is 4.39 Å². The van der Waals surface area contributed by atoms with Crippen molar-refractivity contribution in [3.63, 3.8) is 0 Å². The molecule has 0 saturated carbocycles. The van der Waals surface area contributed by atoms with E-state index in [1.165, 1.54) is 12.1 Å². The van der Waals surface area contributed by atoms with Gasteiger partial charge in [-0.05, 0) is 39.0 Å². The van der Waals surface area contributed by atoms with Gasteiger partial charge in [-0.15, -0.1) is 0 Å². The van der Waals surface area contributed by atoms with Crippen molar-refractivity contribution in [3.05, 3.63) is 51.1 Å². The molecule has 1 aromatic heterocycles. The van der Waals surface area contributed by atoms with Gasteiger partial charge in [0.2, 0.25) is 0 Å². The molecule has 5 heteroatoms. The van der Waals surface area contributed by atoms with Crippen molar-refractivity contribution < 1.29 is 13.6 Å². The lowest BCUT2D eigenvalue weighted by atomic mass is 10.1. The van der Waals surface area contributed by atoms with E-state index in [0.717, 1.165) is 5.56 Å². The Morgan fingerprint density at radius 3 is 2.47 bits per heavy atom. The number of benzene rings is 1. The van der Waals surface area contributed by atoms with Gasteiger partial charge >= 0.3 is 0 Å². The first kappa shape index (κ1) is 13.8. The molecular weight excluding hydrogens is 313 g/mol. The van der Waals surface area contributed by atoms with Gasteiger partial charge in [0.1, 0.15) is 17.3 Å². The maximum atomic E-state index is 13.7. The average molecular weight is 326 g/mol. The number of carbonyl (C=O) groups excluding carboxylic acids is 1. The fourth-order valence-corrected chi connectivity index (χ4v) is 2.24. The molecule has 1 aromatic carbocycles. The van der Waals surface area contributed by atoms with Gasteiger partial charge in [0, 0.05) is 10.0 Å². The van der Waals surface area contributed by atoms with Crippen LogP contribution in [0.3, 0.4) is 0 Å². The molecular formula is C14H13BrFNO2. The van der Waals surface area contributed by atoms with Gasteiger partial charge in [-0.2, -0.15) is 0 Å². The number of halogens is 2. The molecule has 1 N–H and O–H groups in total. The summed E-state index contributed by atoms with van der Waals surface area (Å²) in [6, 6.07) is 4.48. The van der Waals surface area contributed by atoms with Crippen molar-refractivity contribution in [1.29, 1.82) is 0 Å². The Labute approximate surface area is 118 Å². The van der Waals surface area contributed by atoms with Crippen LogP contribution in [0.2, 0.25) is 0 Å². The third kappa shape index (κ3) is 2.71. The molecule has 19 heavy (non-hydrogen) atoms. The quantitative estimate of drug-likeness (QED) is 0.891. The summed E-state index contributed by atoms with van der Waals surface area (Å²) >= 11 is 3.17. The number of aryl methyl sites for hydroxylation is 2. The van der Waals surface area contributed by atoms with Crippen LogP contribution in [0.1, 0.15) is 27.4 Å². The second-order valence-corrected chi connectivity index (χ2v) is 5.21. The van der Waals surface area contributed by atoms with E-state index in [1.807, 2.05) is 0 Å². The zero-order chi connectivity index (χ0) is 14.2. The summed E-state index contributed by atoms with van der Waals surface area (Å²) in [4.78, 5) is 12.2. The zero-order valence-corrected chi connectivity index (χ0v) is 12.4. The molecule has 0 spiro atoms. The minimum absolute atomic E-state index is 0.144. The fourth-order valence-electron chi connectivity index (χ4n) is 1.90. The number of furan rings is 1. The Balaban J connectivity index is 2.31. The largest absolute Gasteiger partial charge is 0.466 e. The summed E-state index contributed by atoms with van der Waals surface area (Å²) in [5.41, 5.74) is 1.37. The van der Waals surface area contributed by atoms with Crippen molar-refractivity contribution in [3.8, 4) is 0 Å². The number of carbonyl (C=O) groups is 1. The molecule has 0 unspecified atom stereocenters. The highest BCUT2D eigenvalue weighted by atomic mass is 79.9. The lowest BCUT2D eigenvalue weighted by molar-refractivity contribution is 0.102. The molecule has 0 atom stereocenters. The summed E-state index contributed by atoms with van der Waals surface area (Å²) in [6.45, 7) is 5.31. The molecule has 1 heterocycles. The first-order chi connectivity index (χ1) is 8.90. The normalized spacial score (nSPS) is 10.6. The summed E-state index contributed by atoms with van der Waals surface area (Å²) < 4.78 is 19.7. The van der Waals surface area contributed by atoms with E-state index in [-0.39, 0.29) is 11.6 Å². The van der Waals surface area contributed by atoms with Crippen LogP contribution in [-0.4, -0.2) is 5.91 Å². The fraction of sp³-hybridized carbons (Fsp3) is 0.214. The van der Waals surface area contributed by atoms with Gasteiger partial charge in [-0.3, -0.25) is 4.79 Å². The van der Waals surface area contributed by atoms with Crippen LogP contribution >= 0.6 is 15.9 Å². The third-order valence-electron chi connectivity index (χ3n) is 2.97. The summed E-state index contributed by atoms with van der Waals surface area (Å²) in [5, 5.41) is 2.55. The highest BCUT2D eigenvalue weighted by Gasteiger charge is 2.19. The number of amides is 1. The van der Waals surface area contributed by atoms with Gasteiger partial charge in [0.05, 0.1) is 11.3 Å². The molecule has 0 radical (unpaired) electrons. The van der Waals surface area contributed by atoms with E-state index in [1.54, 1.807) is 26.8 Å². The maximum Gasteiger partial charge on any atom is 0.259 e. The van der Waals surface area contributed by atoms with Crippen LogP contribution in [0.5, 0.6) is 0 Å². The van der Waals surface area contributed by atoms with Crippen molar-refractivity contribution in [1.82, 2.24) is 0 Å². The minimum Gasteiger partial charge on any atom is -0.466 e. The van der Waals surface area contributed by atoms with Crippen LogP contribution in [0.4, 0.5) is 10.1 Å². The van der Waals surface area contributed by atoms with Gasteiger partial charge in [-0.1, -0.05) is 15.9 Å². The van der Waals surface area contributed by atoms with Crippen molar-refractivity contribution in [2.45, 2.75) is 20.8 Å². The number of anilines is 1. The molecule has 2 rings (SSSR count). The number of hydrogen-bond donors (Lipinski definition) is 1. The van der Waals surface area contributed by atoms with Gasteiger partial charge in [0.15, 0.2) is 0 Å². The lowest BCUT2D eigenvalue weighted by Crippen LogP contribution is -2.14. The maximum absolute atomic E-state index is 13.7. The van der Waals surface area contributed by atoms with Gasteiger partial charge < -0.3 is 9.73 Å². The predicted molar refractivity (Wildman–Crippen MR) is 75.0 cm³/mol. The SMILES string of the molecule is Cc1oc(C)c(C(=O)Nc2ccc(Br)cc2F)c1C. The average Bonchev–Trinajstić information content (AvgIpc) is 2.57. The number of rotatable bonds is 2. The Kier molecular flexibility index (Phi) is 3.75. The highest BCUT2D eigenvalue weighted by molar-refractivity contribution is 9.10. The number of hydrogen-bond acceptors (Lipinski definition) is 2. The molecule has 0 aliphatic carbocycles. The van der Waals surface area contributed by atoms with Crippen LogP contribution in [0, 0.1) is 26.6 Å². The van der Waals surface area contributed by atoms with Crippen molar-refractivity contribution >= 4 is 27.5 Å². The molecule has 0 fully saturated rings. The van der Waals surface area contributed by atoms with Crippen LogP contribution < -0.4 is 5.32 Å².